The lowest BCUT2D eigenvalue weighted by atomic mass is 9.85. The van der Waals surface area contributed by atoms with Gasteiger partial charge in [-0.25, -0.2) is 0 Å². The fraction of sp³-hybridized carbons (Fsp3) is 0.167. The topological polar surface area (TPSA) is 34.1 Å². The zero-order valence-electron chi connectivity index (χ0n) is 15.1. The summed E-state index contributed by atoms with van der Waals surface area (Å²) in [7, 11) is 0. The van der Waals surface area contributed by atoms with E-state index in [2.05, 4.69) is 6.58 Å². The summed E-state index contributed by atoms with van der Waals surface area (Å²) in [6.07, 6.45) is 8.01. The SMILES string of the molecule is C=C/C=C(\C=C/C)C(CC(=O)c1ccccc1)CC(=O)c1ccccc1. The maximum absolute atomic E-state index is 12.7. The van der Waals surface area contributed by atoms with Crippen molar-refractivity contribution in [3.63, 3.8) is 0 Å². The number of carbonyl (C=O) groups excluding carboxylic acids is 2. The predicted molar refractivity (Wildman–Crippen MR) is 107 cm³/mol. The van der Waals surface area contributed by atoms with Crippen molar-refractivity contribution in [2.24, 2.45) is 5.92 Å². The summed E-state index contributed by atoms with van der Waals surface area (Å²) in [6, 6.07) is 18.4. The Hall–Kier alpha value is -3.00. The normalized spacial score (nSPS) is 11.7. The van der Waals surface area contributed by atoms with Crippen LogP contribution in [0.4, 0.5) is 0 Å². The summed E-state index contributed by atoms with van der Waals surface area (Å²) in [6.45, 7) is 5.68. The van der Waals surface area contributed by atoms with Crippen LogP contribution < -0.4 is 0 Å². The summed E-state index contributed by atoms with van der Waals surface area (Å²) in [5, 5.41) is 0. The molecule has 0 N–H and O–H groups in total. The maximum atomic E-state index is 12.7. The lowest BCUT2D eigenvalue weighted by Gasteiger charge is -2.17. The molecule has 0 aliphatic carbocycles. The van der Waals surface area contributed by atoms with Crippen LogP contribution in [0.3, 0.4) is 0 Å². The van der Waals surface area contributed by atoms with E-state index in [-0.39, 0.29) is 30.3 Å². The molecule has 0 amide bonds. The van der Waals surface area contributed by atoms with Crippen molar-refractivity contribution in [3.05, 3.63) is 108 Å². The van der Waals surface area contributed by atoms with Crippen molar-refractivity contribution in [3.8, 4) is 0 Å². The lowest BCUT2D eigenvalue weighted by Crippen LogP contribution is -2.15. The fourth-order valence-corrected chi connectivity index (χ4v) is 2.90. The molecule has 0 saturated carbocycles. The van der Waals surface area contributed by atoms with E-state index in [1.165, 1.54) is 0 Å². The molecule has 0 aliphatic rings. The molecule has 2 rings (SSSR count). The Morgan fingerprint density at radius 2 is 1.35 bits per heavy atom. The van der Waals surface area contributed by atoms with Gasteiger partial charge >= 0.3 is 0 Å². The number of allylic oxidation sites excluding steroid dienone is 5. The molecular formula is C24H24O2. The van der Waals surface area contributed by atoms with Gasteiger partial charge in [0.2, 0.25) is 0 Å². The number of Topliss-reactive ketones (excluding diaryl/α,β-unsaturated/α-hetero) is 2. The molecular weight excluding hydrogens is 320 g/mol. The average Bonchev–Trinajstić information content (AvgIpc) is 2.68. The van der Waals surface area contributed by atoms with Crippen LogP contribution in [0.25, 0.3) is 0 Å². The summed E-state index contributed by atoms with van der Waals surface area (Å²) in [5.41, 5.74) is 2.28. The molecule has 2 nitrogen and oxygen atoms in total. The molecule has 0 aliphatic heterocycles. The third-order valence-electron chi connectivity index (χ3n) is 4.20. The lowest BCUT2D eigenvalue weighted by molar-refractivity contribution is 0.0934. The van der Waals surface area contributed by atoms with E-state index in [9.17, 15) is 9.59 Å². The first kappa shape index (κ1) is 19.3. The number of carbonyl (C=O) groups is 2. The summed E-state index contributed by atoms with van der Waals surface area (Å²) in [4.78, 5) is 25.4. The third kappa shape index (κ3) is 5.52. The summed E-state index contributed by atoms with van der Waals surface area (Å²) >= 11 is 0. The van der Waals surface area contributed by atoms with Crippen LogP contribution in [0.2, 0.25) is 0 Å². The molecule has 2 aromatic carbocycles. The monoisotopic (exact) mass is 344 g/mol. The zero-order chi connectivity index (χ0) is 18.8. The second kappa shape index (κ2) is 10.1. The van der Waals surface area contributed by atoms with Gasteiger partial charge in [0, 0.05) is 24.0 Å². The van der Waals surface area contributed by atoms with Gasteiger partial charge < -0.3 is 0 Å². The predicted octanol–water partition coefficient (Wildman–Crippen LogP) is 5.84. The molecule has 0 bridgehead atoms. The number of ketones is 2. The first-order valence-electron chi connectivity index (χ1n) is 8.77. The summed E-state index contributed by atoms with van der Waals surface area (Å²) < 4.78 is 0. The number of hydrogen-bond donors (Lipinski definition) is 0. The van der Waals surface area contributed by atoms with Crippen LogP contribution in [0.5, 0.6) is 0 Å². The molecule has 0 heterocycles. The van der Waals surface area contributed by atoms with Gasteiger partial charge in [-0.2, -0.15) is 0 Å². The van der Waals surface area contributed by atoms with E-state index in [4.69, 9.17) is 0 Å². The van der Waals surface area contributed by atoms with Crippen molar-refractivity contribution >= 4 is 11.6 Å². The quantitative estimate of drug-likeness (QED) is 0.423. The minimum Gasteiger partial charge on any atom is -0.294 e. The molecule has 0 unspecified atom stereocenters. The highest BCUT2D eigenvalue weighted by atomic mass is 16.1. The van der Waals surface area contributed by atoms with Gasteiger partial charge in [0.25, 0.3) is 0 Å². The van der Waals surface area contributed by atoms with Gasteiger partial charge in [0.1, 0.15) is 0 Å². The van der Waals surface area contributed by atoms with Gasteiger partial charge in [-0.3, -0.25) is 9.59 Å². The molecule has 0 radical (unpaired) electrons. The standard InChI is InChI=1S/C24H24O2/c1-3-11-19(12-4-2)22(17-23(25)20-13-7-5-8-14-20)18-24(26)21-15-9-6-10-16-21/h3-16,22H,1,17-18H2,2H3/b12-4-,19-11+. The minimum atomic E-state index is -0.190. The molecule has 0 saturated heterocycles. The average molecular weight is 344 g/mol. The third-order valence-corrected chi connectivity index (χ3v) is 4.20. The largest absolute Gasteiger partial charge is 0.294 e. The van der Waals surface area contributed by atoms with Gasteiger partial charge in [-0.15, -0.1) is 0 Å². The van der Waals surface area contributed by atoms with Gasteiger partial charge in [-0.1, -0.05) is 91.5 Å². The summed E-state index contributed by atoms with van der Waals surface area (Å²) in [5.74, 6) is -0.114. The first-order chi connectivity index (χ1) is 12.7. The van der Waals surface area contributed by atoms with Crippen LogP contribution in [0.15, 0.2) is 97.1 Å². The van der Waals surface area contributed by atoms with Gasteiger partial charge in [0.05, 0.1) is 0 Å². The number of rotatable bonds is 9. The zero-order valence-corrected chi connectivity index (χ0v) is 15.1. The molecule has 0 spiro atoms. The second-order valence-electron chi connectivity index (χ2n) is 6.09. The van der Waals surface area contributed by atoms with Crippen LogP contribution in [0, 0.1) is 5.92 Å². The van der Waals surface area contributed by atoms with Gasteiger partial charge in [-0.05, 0) is 18.4 Å². The van der Waals surface area contributed by atoms with Crippen LogP contribution in [-0.4, -0.2) is 11.6 Å². The molecule has 0 aromatic heterocycles. The molecule has 26 heavy (non-hydrogen) atoms. The van der Waals surface area contributed by atoms with E-state index in [1.54, 1.807) is 6.08 Å². The van der Waals surface area contributed by atoms with Crippen molar-refractivity contribution < 1.29 is 9.59 Å². The Morgan fingerprint density at radius 1 is 0.885 bits per heavy atom. The highest BCUT2D eigenvalue weighted by Gasteiger charge is 2.21. The van der Waals surface area contributed by atoms with Crippen molar-refractivity contribution in [2.45, 2.75) is 19.8 Å². The highest BCUT2D eigenvalue weighted by Crippen LogP contribution is 2.25. The van der Waals surface area contributed by atoms with E-state index >= 15 is 0 Å². The fourth-order valence-electron chi connectivity index (χ4n) is 2.90. The Morgan fingerprint density at radius 3 is 1.73 bits per heavy atom. The van der Waals surface area contributed by atoms with E-state index in [0.29, 0.717) is 11.1 Å². The molecule has 2 heteroatoms. The Labute approximate surface area is 155 Å². The van der Waals surface area contributed by atoms with Crippen LogP contribution in [0.1, 0.15) is 40.5 Å². The van der Waals surface area contributed by atoms with Crippen molar-refractivity contribution in [1.29, 1.82) is 0 Å². The molecule has 2 aromatic rings. The van der Waals surface area contributed by atoms with E-state index in [0.717, 1.165) is 5.57 Å². The number of hydrogen-bond acceptors (Lipinski definition) is 2. The Balaban J connectivity index is 2.26. The van der Waals surface area contributed by atoms with Crippen molar-refractivity contribution in [2.75, 3.05) is 0 Å². The van der Waals surface area contributed by atoms with E-state index < -0.39 is 0 Å². The smallest absolute Gasteiger partial charge is 0.163 e. The van der Waals surface area contributed by atoms with Crippen molar-refractivity contribution in [1.82, 2.24) is 0 Å². The van der Waals surface area contributed by atoms with Gasteiger partial charge in [0.15, 0.2) is 11.6 Å². The first-order valence-corrected chi connectivity index (χ1v) is 8.77. The second-order valence-corrected chi connectivity index (χ2v) is 6.09. The number of benzene rings is 2. The van der Waals surface area contributed by atoms with Crippen LogP contribution >= 0.6 is 0 Å². The Kier molecular flexibility index (Phi) is 7.50. The Bertz CT molecular complexity index is 745. The molecule has 0 fully saturated rings. The minimum absolute atomic E-state index is 0.0379. The molecule has 132 valence electrons. The van der Waals surface area contributed by atoms with Crippen LogP contribution in [-0.2, 0) is 0 Å². The molecule has 0 atom stereocenters. The van der Waals surface area contributed by atoms with E-state index in [1.807, 2.05) is 85.8 Å². The highest BCUT2D eigenvalue weighted by molar-refractivity contribution is 5.99. The maximum Gasteiger partial charge on any atom is 0.163 e.